The number of carboxylic acid groups (broad SMARTS) is 1. The number of thiazole rings is 1. The van der Waals surface area contributed by atoms with Crippen LogP contribution >= 0.6 is 11.3 Å². The zero-order valence-electron chi connectivity index (χ0n) is 16.4. The molecule has 1 aliphatic heterocycles. The molecule has 9 nitrogen and oxygen atoms in total. The van der Waals surface area contributed by atoms with Gasteiger partial charge in [0, 0.05) is 30.2 Å². The summed E-state index contributed by atoms with van der Waals surface area (Å²) in [7, 11) is 0. The van der Waals surface area contributed by atoms with E-state index in [4.69, 9.17) is 0 Å². The van der Waals surface area contributed by atoms with Crippen LogP contribution in [-0.4, -0.2) is 55.3 Å². The van der Waals surface area contributed by atoms with Crippen LogP contribution in [0.3, 0.4) is 0 Å². The maximum Gasteiger partial charge on any atom is 0.326 e. The van der Waals surface area contributed by atoms with Gasteiger partial charge in [0.15, 0.2) is 10.8 Å². The number of hydrogen-bond donors (Lipinski definition) is 2. The number of nitrogens with one attached hydrogen (secondary N) is 1. The lowest BCUT2D eigenvalue weighted by Gasteiger charge is -2.33. The van der Waals surface area contributed by atoms with Gasteiger partial charge in [-0.15, -0.1) is 11.3 Å². The van der Waals surface area contributed by atoms with Crippen molar-refractivity contribution < 1.29 is 19.5 Å². The number of amides is 2. The fourth-order valence-corrected chi connectivity index (χ4v) is 4.17. The van der Waals surface area contributed by atoms with Crippen molar-refractivity contribution in [3.63, 3.8) is 0 Å². The van der Waals surface area contributed by atoms with Gasteiger partial charge in [0.25, 0.3) is 11.8 Å². The minimum Gasteiger partial charge on any atom is -0.480 e. The summed E-state index contributed by atoms with van der Waals surface area (Å²) in [5, 5.41) is 12.7. The smallest absolute Gasteiger partial charge is 0.326 e. The van der Waals surface area contributed by atoms with Crippen molar-refractivity contribution in [1.82, 2.24) is 19.9 Å². The number of aliphatic carboxylic acids is 1. The first kappa shape index (κ1) is 20.6. The Bertz CT molecular complexity index is 1120. The number of aromatic nitrogens is 3. The molecule has 4 rings (SSSR count). The van der Waals surface area contributed by atoms with Crippen LogP contribution in [0.25, 0.3) is 10.8 Å². The molecule has 0 radical (unpaired) electrons. The van der Waals surface area contributed by atoms with E-state index in [-0.39, 0.29) is 11.8 Å². The molecule has 2 N–H and O–H groups in total. The van der Waals surface area contributed by atoms with E-state index in [0.717, 1.165) is 24.2 Å². The van der Waals surface area contributed by atoms with Crippen LogP contribution in [0.2, 0.25) is 0 Å². The van der Waals surface area contributed by atoms with Gasteiger partial charge in [-0.1, -0.05) is 6.07 Å². The van der Waals surface area contributed by atoms with E-state index in [9.17, 15) is 19.5 Å². The monoisotopic (exact) mass is 437 g/mol. The third-order valence-electron chi connectivity index (χ3n) is 4.90. The molecular weight excluding hydrogens is 418 g/mol. The zero-order valence-corrected chi connectivity index (χ0v) is 17.2. The maximum atomic E-state index is 12.9. The highest BCUT2D eigenvalue weighted by Gasteiger charge is 2.32. The van der Waals surface area contributed by atoms with E-state index >= 15 is 0 Å². The van der Waals surface area contributed by atoms with E-state index < -0.39 is 12.0 Å². The molecule has 0 bridgehead atoms. The summed E-state index contributed by atoms with van der Waals surface area (Å²) >= 11 is 1.16. The predicted molar refractivity (Wildman–Crippen MR) is 114 cm³/mol. The van der Waals surface area contributed by atoms with E-state index in [1.807, 2.05) is 0 Å². The van der Waals surface area contributed by atoms with Gasteiger partial charge in [-0.3, -0.25) is 9.59 Å². The van der Waals surface area contributed by atoms with Crippen molar-refractivity contribution in [3.05, 3.63) is 59.4 Å². The van der Waals surface area contributed by atoms with Gasteiger partial charge in [0.1, 0.15) is 10.9 Å². The fourth-order valence-electron chi connectivity index (χ4n) is 3.41. The highest BCUT2D eigenvalue weighted by Crippen LogP contribution is 2.24. The topological polar surface area (TPSA) is 125 Å². The van der Waals surface area contributed by atoms with Gasteiger partial charge in [-0.05, 0) is 43.5 Å². The summed E-state index contributed by atoms with van der Waals surface area (Å²) in [5.41, 5.74) is 0.763. The number of rotatable bonds is 5. The summed E-state index contributed by atoms with van der Waals surface area (Å²) < 4.78 is 0. The quantitative estimate of drug-likeness (QED) is 0.628. The molecule has 10 heteroatoms. The number of hydrogen-bond acceptors (Lipinski definition) is 7. The molecule has 0 spiro atoms. The normalized spacial score (nSPS) is 16.0. The number of carbonyl (C=O) groups excluding carboxylic acids is 2. The summed E-state index contributed by atoms with van der Waals surface area (Å²) in [5.74, 6) is -1.29. The molecular formula is C21H19N5O4S. The lowest BCUT2D eigenvalue weighted by molar-refractivity contribution is -0.143. The summed E-state index contributed by atoms with van der Waals surface area (Å²) in [6.07, 6.45) is 6.64. The number of anilines is 1. The van der Waals surface area contributed by atoms with Crippen LogP contribution < -0.4 is 5.32 Å². The van der Waals surface area contributed by atoms with Crippen LogP contribution in [0, 0.1) is 0 Å². The Balaban J connectivity index is 1.48. The molecule has 2 aromatic heterocycles. The number of carboxylic acids is 1. The van der Waals surface area contributed by atoms with Gasteiger partial charge in [-0.25, -0.2) is 19.7 Å². The SMILES string of the molecule is O=C(Nc1cccc(C(=O)N2CCCC[C@H]2C(=O)O)c1)c1cnc(-c2ncccn2)s1. The van der Waals surface area contributed by atoms with E-state index in [1.54, 1.807) is 42.7 Å². The molecule has 1 fully saturated rings. The van der Waals surface area contributed by atoms with Crippen LogP contribution in [-0.2, 0) is 4.79 Å². The van der Waals surface area contributed by atoms with Gasteiger partial charge in [0.05, 0.1) is 6.20 Å². The molecule has 31 heavy (non-hydrogen) atoms. The lowest BCUT2D eigenvalue weighted by atomic mass is 10.0. The highest BCUT2D eigenvalue weighted by atomic mass is 32.1. The first-order valence-electron chi connectivity index (χ1n) is 9.71. The molecule has 3 aromatic rings. The van der Waals surface area contributed by atoms with Crippen molar-refractivity contribution in [2.75, 3.05) is 11.9 Å². The van der Waals surface area contributed by atoms with Gasteiger partial charge in [-0.2, -0.15) is 0 Å². The largest absolute Gasteiger partial charge is 0.480 e. The Morgan fingerprint density at radius 2 is 1.90 bits per heavy atom. The number of benzene rings is 1. The minimum absolute atomic E-state index is 0.327. The molecule has 0 aliphatic carbocycles. The molecule has 158 valence electrons. The molecule has 3 heterocycles. The second-order valence-electron chi connectivity index (χ2n) is 6.99. The molecule has 1 atom stereocenters. The van der Waals surface area contributed by atoms with Crippen LogP contribution in [0.15, 0.2) is 48.9 Å². The standard InChI is InChI=1S/C21H19N5O4S/c27-18(16-12-24-19(31-16)17-22-8-4-9-23-17)25-14-6-3-5-13(11-14)20(28)26-10-2-1-7-15(26)21(29)30/h3-6,8-9,11-12,15H,1-2,7,10H2,(H,25,27)(H,29,30)/t15-/m0/s1. The van der Waals surface area contributed by atoms with Crippen molar-refractivity contribution in [3.8, 4) is 10.8 Å². The number of nitrogens with zero attached hydrogens (tertiary/aromatic N) is 4. The minimum atomic E-state index is -0.999. The third kappa shape index (κ3) is 4.58. The van der Waals surface area contributed by atoms with E-state index in [2.05, 4.69) is 20.3 Å². The van der Waals surface area contributed by atoms with Gasteiger partial charge < -0.3 is 15.3 Å². The number of likely N-dealkylation sites (tertiary alicyclic amines) is 1. The number of piperidine rings is 1. The van der Waals surface area contributed by atoms with Crippen molar-refractivity contribution in [1.29, 1.82) is 0 Å². The maximum absolute atomic E-state index is 12.9. The molecule has 0 unspecified atom stereocenters. The Morgan fingerprint density at radius 1 is 1.10 bits per heavy atom. The van der Waals surface area contributed by atoms with Crippen molar-refractivity contribution in [2.24, 2.45) is 0 Å². The average molecular weight is 437 g/mol. The molecule has 2 amide bonds. The zero-order chi connectivity index (χ0) is 21.8. The lowest BCUT2D eigenvalue weighted by Crippen LogP contribution is -2.48. The van der Waals surface area contributed by atoms with Gasteiger partial charge >= 0.3 is 5.97 Å². The van der Waals surface area contributed by atoms with Crippen LogP contribution in [0.5, 0.6) is 0 Å². The Hall–Kier alpha value is -3.66. The van der Waals surface area contributed by atoms with Crippen molar-refractivity contribution in [2.45, 2.75) is 25.3 Å². The first-order chi connectivity index (χ1) is 15.0. The Kier molecular flexibility index (Phi) is 5.99. The third-order valence-corrected chi connectivity index (χ3v) is 5.89. The van der Waals surface area contributed by atoms with E-state index in [1.165, 1.54) is 11.1 Å². The average Bonchev–Trinajstić information content (AvgIpc) is 3.30. The summed E-state index contributed by atoms with van der Waals surface area (Å²) in [6, 6.07) is 7.36. The molecule has 0 saturated carbocycles. The van der Waals surface area contributed by atoms with Crippen LogP contribution in [0.4, 0.5) is 5.69 Å². The molecule has 1 saturated heterocycles. The molecule has 1 aliphatic rings. The Morgan fingerprint density at radius 3 is 2.68 bits per heavy atom. The first-order valence-corrected chi connectivity index (χ1v) is 10.5. The fraction of sp³-hybridized carbons (Fsp3) is 0.238. The summed E-state index contributed by atoms with van der Waals surface area (Å²) in [4.78, 5) is 51.3. The summed E-state index contributed by atoms with van der Waals surface area (Å²) in [6.45, 7) is 0.400. The Labute approximate surface area is 181 Å². The highest BCUT2D eigenvalue weighted by molar-refractivity contribution is 7.16. The predicted octanol–water partition coefficient (Wildman–Crippen LogP) is 2.93. The van der Waals surface area contributed by atoms with Crippen molar-refractivity contribution >= 4 is 34.8 Å². The van der Waals surface area contributed by atoms with Gasteiger partial charge in [0.2, 0.25) is 0 Å². The molecule has 1 aromatic carbocycles. The second kappa shape index (κ2) is 9.00. The second-order valence-corrected chi connectivity index (χ2v) is 8.02. The van der Waals surface area contributed by atoms with Crippen LogP contribution in [0.1, 0.15) is 39.3 Å². The number of carbonyl (C=O) groups is 3. The van der Waals surface area contributed by atoms with E-state index in [0.29, 0.717) is 39.9 Å².